The van der Waals surface area contributed by atoms with Crippen LogP contribution < -0.4 is 0 Å². The summed E-state index contributed by atoms with van der Waals surface area (Å²) in [5, 5.41) is 0. The molecule has 28 heavy (non-hydrogen) atoms. The second kappa shape index (κ2) is 13.2. The van der Waals surface area contributed by atoms with E-state index in [4.69, 9.17) is 4.74 Å². The minimum Gasteiger partial charge on any atom is -0.380 e. The standard InChI is InChI=1S/C13H26N2.C11H23NO/c1-4-12-9-15(10-12)13-5-7-14(8-6-13)11(2)3;1-3-11-5-7-12(8-6-11)9-10-13-4-2/h11-13H,4-10H2,1-3H3;11H,3-10H2,1-2H3. The molecule has 0 aromatic heterocycles. The summed E-state index contributed by atoms with van der Waals surface area (Å²) in [6.07, 6.45) is 8.31. The zero-order valence-corrected chi connectivity index (χ0v) is 19.7. The van der Waals surface area contributed by atoms with E-state index in [9.17, 15) is 0 Å². The van der Waals surface area contributed by atoms with Gasteiger partial charge in [0.25, 0.3) is 0 Å². The summed E-state index contributed by atoms with van der Waals surface area (Å²) in [6, 6.07) is 1.65. The molecular weight excluding hydrogens is 346 g/mol. The maximum Gasteiger partial charge on any atom is 0.0593 e. The first-order valence-corrected chi connectivity index (χ1v) is 12.3. The van der Waals surface area contributed by atoms with Crippen LogP contribution in [0.25, 0.3) is 0 Å². The smallest absolute Gasteiger partial charge is 0.0593 e. The Hall–Kier alpha value is -0.160. The van der Waals surface area contributed by atoms with Crippen LogP contribution >= 0.6 is 0 Å². The first-order chi connectivity index (χ1) is 13.6. The molecule has 0 N–H and O–H groups in total. The summed E-state index contributed by atoms with van der Waals surface area (Å²) < 4.78 is 5.35. The largest absolute Gasteiger partial charge is 0.380 e. The van der Waals surface area contributed by atoms with E-state index in [-0.39, 0.29) is 0 Å². The van der Waals surface area contributed by atoms with E-state index in [1.807, 2.05) is 0 Å². The minimum atomic E-state index is 0.741. The van der Waals surface area contributed by atoms with Gasteiger partial charge in [-0.15, -0.1) is 0 Å². The van der Waals surface area contributed by atoms with Crippen molar-refractivity contribution >= 4 is 0 Å². The van der Waals surface area contributed by atoms with Crippen molar-refractivity contribution in [2.75, 3.05) is 59.0 Å². The van der Waals surface area contributed by atoms with Crippen LogP contribution in [0.5, 0.6) is 0 Å². The molecule has 0 radical (unpaired) electrons. The van der Waals surface area contributed by atoms with Crippen LogP contribution in [0.3, 0.4) is 0 Å². The monoisotopic (exact) mass is 395 g/mol. The second-order valence-electron chi connectivity index (χ2n) is 9.48. The minimum absolute atomic E-state index is 0.741. The van der Waals surface area contributed by atoms with Crippen LogP contribution in [-0.2, 0) is 4.74 Å². The highest BCUT2D eigenvalue weighted by molar-refractivity contribution is 4.88. The number of ether oxygens (including phenoxy) is 1. The average molecular weight is 396 g/mol. The van der Waals surface area contributed by atoms with E-state index < -0.39 is 0 Å². The quantitative estimate of drug-likeness (QED) is 0.569. The van der Waals surface area contributed by atoms with Crippen LogP contribution in [0.15, 0.2) is 0 Å². The van der Waals surface area contributed by atoms with Gasteiger partial charge in [0.1, 0.15) is 0 Å². The van der Waals surface area contributed by atoms with Crippen LogP contribution in [0, 0.1) is 11.8 Å². The number of likely N-dealkylation sites (tertiary alicyclic amines) is 3. The molecule has 4 nitrogen and oxygen atoms in total. The van der Waals surface area contributed by atoms with Gasteiger partial charge in [0.15, 0.2) is 0 Å². The first-order valence-electron chi connectivity index (χ1n) is 12.3. The fraction of sp³-hybridized carbons (Fsp3) is 1.00. The number of hydrogen-bond donors (Lipinski definition) is 0. The van der Waals surface area contributed by atoms with Crippen LogP contribution in [0.2, 0.25) is 0 Å². The van der Waals surface area contributed by atoms with Crippen molar-refractivity contribution in [3.05, 3.63) is 0 Å². The van der Waals surface area contributed by atoms with Gasteiger partial charge in [-0.3, -0.25) is 4.90 Å². The molecule has 3 heterocycles. The van der Waals surface area contributed by atoms with Crippen molar-refractivity contribution in [2.45, 2.75) is 85.2 Å². The fourth-order valence-corrected chi connectivity index (χ4v) is 4.89. The molecule has 3 rings (SSSR count). The fourth-order valence-electron chi connectivity index (χ4n) is 4.89. The predicted octanol–water partition coefficient (Wildman–Crippen LogP) is 4.35. The van der Waals surface area contributed by atoms with Crippen molar-refractivity contribution < 1.29 is 4.74 Å². The highest BCUT2D eigenvalue weighted by Crippen LogP contribution is 2.27. The summed E-state index contributed by atoms with van der Waals surface area (Å²) in [7, 11) is 0. The maximum atomic E-state index is 5.35. The number of rotatable bonds is 8. The van der Waals surface area contributed by atoms with Gasteiger partial charge < -0.3 is 14.5 Å². The maximum absolute atomic E-state index is 5.35. The summed E-state index contributed by atoms with van der Waals surface area (Å²) in [5.41, 5.74) is 0. The molecule has 3 aliphatic rings. The number of hydrogen-bond acceptors (Lipinski definition) is 4. The zero-order chi connectivity index (χ0) is 20.4. The molecule has 0 spiro atoms. The van der Waals surface area contributed by atoms with Crippen molar-refractivity contribution in [1.29, 1.82) is 0 Å². The Labute approximate surface area is 176 Å². The van der Waals surface area contributed by atoms with E-state index >= 15 is 0 Å². The molecule has 0 aromatic carbocycles. The Kier molecular flexibility index (Phi) is 11.4. The van der Waals surface area contributed by atoms with E-state index in [0.717, 1.165) is 43.7 Å². The number of piperidine rings is 2. The Balaban J connectivity index is 0.000000203. The molecule has 4 heteroatoms. The summed E-state index contributed by atoms with van der Waals surface area (Å²) in [5.74, 6) is 2.00. The third-order valence-electron chi connectivity index (χ3n) is 7.35. The highest BCUT2D eigenvalue weighted by atomic mass is 16.5. The van der Waals surface area contributed by atoms with Gasteiger partial charge in [-0.05, 0) is 84.5 Å². The van der Waals surface area contributed by atoms with Crippen LogP contribution in [-0.4, -0.2) is 85.8 Å². The van der Waals surface area contributed by atoms with Gasteiger partial charge in [0.05, 0.1) is 6.61 Å². The lowest BCUT2D eigenvalue weighted by atomic mass is 9.91. The van der Waals surface area contributed by atoms with Crippen molar-refractivity contribution in [2.24, 2.45) is 11.8 Å². The molecular formula is C24H49N3O. The lowest BCUT2D eigenvalue weighted by Gasteiger charge is -2.47. The molecule has 0 unspecified atom stereocenters. The van der Waals surface area contributed by atoms with E-state index in [1.54, 1.807) is 0 Å². The van der Waals surface area contributed by atoms with E-state index in [0.29, 0.717) is 0 Å². The topological polar surface area (TPSA) is 19.0 Å². The normalized spacial score (nSPS) is 24.2. The van der Waals surface area contributed by atoms with Crippen molar-refractivity contribution in [3.63, 3.8) is 0 Å². The third-order valence-corrected chi connectivity index (χ3v) is 7.35. The van der Waals surface area contributed by atoms with Gasteiger partial charge >= 0.3 is 0 Å². The molecule has 166 valence electrons. The second-order valence-corrected chi connectivity index (χ2v) is 9.48. The van der Waals surface area contributed by atoms with Crippen LogP contribution in [0.4, 0.5) is 0 Å². The van der Waals surface area contributed by atoms with Gasteiger partial charge in [-0.25, -0.2) is 0 Å². The highest BCUT2D eigenvalue weighted by Gasteiger charge is 2.33. The van der Waals surface area contributed by atoms with Crippen molar-refractivity contribution in [3.8, 4) is 0 Å². The molecule has 0 aliphatic carbocycles. The first kappa shape index (κ1) is 24.1. The molecule has 3 saturated heterocycles. The van der Waals surface area contributed by atoms with Gasteiger partial charge in [-0.1, -0.05) is 26.7 Å². The zero-order valence-electron chi connectivity index (χ0n) is 19.7. The van der Waals surface area contributed by atoms with E-state index in [2.05, 4.69) is 49.3 Å². The molecule has 3 fully saturated rings. The number of nitrogens with zero attached hydrogens (tertiary/aromatic N) is 3. The lowest BCUT2D eigenvalue weighted by Crippen LogP contribution is -2.55. The predicted molar refractivity (Wildman–Crippen MR) is 121 cm³/mol. The molecule has 0 saturated carbocycles. The van der Waals surface area contributed by atoms with E-state index in [1.165, 1.54) is 77.8 Å². The molecule has 3 aliphatic heterocycles. The molecule has 0 amide bonds. The van der Waals surface area contributed by atoms with Crippen molar-refractivity contribution in [1.82, 2.24) is 14.7 Å². The van der Waals surface area contributed by atoms with Gasteiger partial charge in [0, 0.05) is 38.3 Å². The summed E-state index contributed by atoms with van der Waals surface area (Å²) >= 11 is 0. The molecule has 0 aromatic rings. The Bertz CT molecular complexity index is 379. The SMILES string of the molecule is CCC1CN(C2CCN(C(C)C)CC2)C1.CCOCCN1CCC(CC)CC1. The van der Waals surface area contributed by atoms with Gasteiger partial charge in [-0.2, -0.15) is 0 Å². The summed E-state index contributed by atoms with van der Waals surface area (Å²) in [6.45, 7) is 22.2. The average Bonchev–Trinajstić information content (AvgIpc) is 2.69. The third kappa shape index (κ3) is 7.93. The Morgan fingerprint density at radius 3 is 1.93 bits per heavy atom. The summed E-state index contributed by atoms with van der Waals surface area (Å²) in [4.78, 5) is 7.86. The molecule has 0 bridgehead atoms. The van der Waals surface area contributed by atoms with Gasteiger partial charge in [0.2, 0.25) is 0 Å². The molecule has 0 atom stereocenters. The van der Waals surface area contributed by atoms with Crippen LogP contribution in [0.1, 0.15) is 73.1 Å². The Morgan fingerprint density at radius 2 is 1.43 bits per heavy atom. The Morgan fingerprint density at radius 1 is 0.821 bits per heavy atom. The lowest BCUT2D eigenvalue weighted by molar-refractivity contribution is 0.0131.